The van der Waals surface area contributed by atoms with Crippen LogP contribution in [-0.4, -0.2) is 20.2 Å². The maximum Gasteiger partial charge on any atom is 0.315 e. The number of aromatic nitrogens is 4. The monoisotopic (exact) mass is 285 g/mol. The molecule has 0 atom stereocenters. The van der Waals surface area contributed by atoms with Gasteiger partial charge in [0.1, 0.15) is 5.82 Å². The lowest BCUT2D eigenvalue weighted by atomic mass is 9.95. The second kappa shape index (κ2) is 5.09. The lowest BCUT2D eigenvalue weighted by Gasteiger charge is -2.17. The summed E-state index contributed by atoms with van der Waals surface area (Å²) in [5.74, 6) is 2.04. The zero-order chi connectivity index (χ0) is 14.2. The van der Waals surface area contributed by atoms with Gasteiger partial charge in [0.15, 0.2) is 0 Å². The highest BCUT2D eigenvalue weighted by Crippen LogP contribution is 2.39. The number of hydrogen-bond donors (Lipinski definition) is 1. The molecule has 0 aromatic carbocycles. The molecule has 0 amide bonds. The van der Waals surface area contributed by atoms with Crippen LogP contribution in [0.4, 0.5) is 6.01 Å². The first-order chi connectivity index (χ1) is 10.3. The molecule has 1 saturated carbocycles. The van der Waals surface area contributed by atoms with Crippen LogP contribution >= 0.6 is 0 Å². The zero-order valence-corrected chi connectivity index (χ0v) is 12.2. The van der Waals surface area contributed by atoms with Crippen molar-refractivity contribution in [2.75, 3.05) is 5.32 Å². The van der Waals surface area contributed by atoms with Crippen LogP contribution in [0.1, 0.15) is 60.3 Å². The van der Waals surface area contributed by atoms with E-state index in [-0.39, 0.29) is 0 Å². The van der Waals surface area contributed by atoms with Gasteiger partial charge in [-0.05, 0) is 51.0 Å². The lowest BCUT2D eigenvalue weighted by Crippen LogP contribution is -2.14. The molecule has 2 aliphatic carbocycles. The topological polar surface area (TPSA) is 76.7 Å². The summed E-state index contributed by atoms with van der Waals surface area (Å²) in [5.41, 5.74) is 3.68. The van der Waals surface area contributed by atoms with Crippen molar-refractivity contribution in [1.29, 1.82) is 0 Å². The number of nitrogens with zero attached hydrogens (tertiary/aromatic N) is 4. The first-order valence-corrected chi connectivity index (χ1v) is 7.72. The highest BCUT2D eigenvalue weighted by atomic mass is 16.4. The molecule has 0 unspecified atom stereocenters. The highest BCUT2D eigenvalue weighted by Gasteiger charge is 2.29. The van der Waals surface area contributed by atoms with Gasteiger partial charge in [0.05, 0.1) is 6.54 Å². The second-order valence-electron chi connectivity index (χ2n) is 5.93. The van der Waals surface area contributed by atoms with Gasteiger partial charge >= 0.3 is 6.01 Å². The van der Waals surface area contributed by atoms with E-state index in [0.29, 0.717) is 18.5 Å². The molecule has 6 nitrogen and oxygen atoms in total. The average molecular weight is 285 g/mol. The van der Waals surface area contributed by atoms with Crippen LogP contribution < -0.4 is 5.32 Å². The summed E-state index contributed by atoms with van der Waals surface area (Å²) in [4.78, 5) is 9.27. The van der Waals surface area contributed by atoms with E-state index < -0.39 is 0 Å². The summed E-state index contributed by atoms with van der Waals surface area (Å²) in [6.07, 6.45) is 6.98. The van der Waals surface area contributed by atoms with E-state index in [2.05, 4.69) is 32.4 Å². The summed E-state index contributed by atoms with van der Waals surface area (Å²) in [6, 6.07) is 0.468. The number of aryl methyl sites for hydroxylation is 2. The Balaban J connectivity index is 1.47. The smallest absolute Gasteiger partial charge is 0.315 e. The molecule has 2 aliphatic rings. The van der Waals surface area contributed by atoms with E-state index in [0.717, 1.165) is 43.1 Å². The molecule has 0 aliphatic heterocycles. The predicted octanol–water partition coefficient (Wildman–Crippen LogP) is 2.54. The van der Waals surface area contributed by atoms with Crippen molar-refractivity contribution < 1.29 is 4.42 Å². The molecule has 0 bridgehead atoms. The Bertz CT molecular complexity index is 662. The van der Waals surface area contributed by atoms with E-state index in [1.807, 2.05) is 0 Å². The van der Waals surface area contributed by atoms with Gasteiger partial charge < -0.3 is 9.73 Å². The Hall–Kier alpha value is -1.98. The van der Waals surface area contributed by atoms with Gasteiger partial charge in [-0.1, -0.05) is 5.10 Å². The maximum absolute atomic E-state index is 5.58. The fourth-order valence-electron chi connectivity index (χ4n) is 2.88. The molecular formula is C15H19N5O. The Kier molecular flexibility index (Phi) is 3.09. The normalized spacial score (nSPS) is 17.6. The first kappa shape index (κ1) is 12.7. The van der Waals surface area contributed by atoms with Crippen molar-refractivity contribution in [2.45, 2.75) is 57.9 Å². The summed E-state index contributed by atoms with van der Waals surface area (Å²) in [7, 11) is 0. The molecule has 1 N–H and O–H groups in total. The molecule has 2 heterocycles. The quantitative estimate of drug-likeness (QED) is 0.930. The van der Waals surface area contributed by atoms with Gasteiger partial charge in [0.2, 0.25) is 5.89 Å². The van der Waals surface area contributed by atoms with Crippen molar-refractivity contribution in [1.82, 2.24) is 20.2 Å². The second-order valence-corrected chi connectivity index (χ2v) is 5.93. The summed E-state index contributed by atoms with van der Waals surface area (Å²) in [5, 5.41) is 11.2. The molecule has 0 radical (unpaired) electrons. The third-order valence-electron chi connectivity index (χ3n) is 4.20. The van der Waals surface area contributed by atoms with Crippen LogP contribution in [0, 0.1) is 6.92 Å². The molecule has 110 valence electrons. The molecule has 21 heavy (non-hydrogen) atoms. The molecule has 6 heteroatoms. The Labute approximate surface area is 123 Å². The van der Waals surface area contributed by atoms with Crippen molar-refractivity contribution >= 4 is 6.01 Å². The van der Waals surface area contributed by atoms with Gasteiger partial charge in [-0.3, -0.25) is 0 Å². The van der Waals surface area contributed by atoms with Crippen molar-refractivity contribution in [3.63, 3.8) is 0 Å². The third-order valence-corrected chi connectivity index (χ3v) is 4.20. The van der Waals surface area contributed by atoms with Gasteiger partial charge in [0.25, 0.3) is 0 Å². The Morgan fingerprint density at radius 1 is 1.14 bits per heavy atom. The van der Waals surface area contributed by atoms with E-state index >= 15 is 0 Å². The fourth-order valence-corrected chi connectivity index (χ4v) is 2.88. The summed E-state index contributed by atoms with van der Waals surface area (Å²) >= 11 is 0. The van der Waals surface area contributed by atoms with Crippen LogP contribution in [0.25, 0.3) is 0 Å². The van der Waals surface area contributed by atoms with Gasteiger partial charge in [-0.15, -0.1) is 5.10 Å². The molecule has 0 spiro atoms. The average Bonchev–Trinajstić information content (AvgIpc) is 3.24. The lowest BCUT2D eigenvalue weighted by molar-refractivity contribution is 0.506. The number of anilines is 1. The van der Waals surface area contributed by atoms with E-state index in [9.17, 15) is 0 Å². The third kappa shape index (κ3) is 2.62. The van der Waals surface area contributed by atoms with Crippen LogP contribution in [0.3, 0.4) is 0 Å². The van der Waals surface area contributed by atoms with E-state index in [1.54, 1.807) is 0 Å². The van der Waals surface area contributed by atoms with E-state index in [4.69, 9.17) is 4.42 Å². The van der Waals surface area contributed by atoms with Gasteiger partial charge in [-0.2, -0.15) is 0 Å². The van der Waals surface area contributed by atoms with Gasteiger partial charge in [0, 0.05) is 17.3 Å². The molecule has 2 aromatic heterocycles. The van der Waals surface area contributed by atoms with Crippen molar-refractivity contribution in [2.24, 2.45) is 0 Å². The molecule has 1 fully saturated rings. The molecule has 2 aromatic rings. The van der Waals surface area contributed by atoms with Crippen molar-refractivity contribution in [3.05, 3.63) is 28.7 Å². The maximum atomic E-state index is 5.58. The molecule has 4 rings (SSSR count). The predicted molar refractivity (Wildman–Crippen MR) is 77.0 cm³/mol. The first-order valence-electron chi connectivity index (χ1n) is 7.72. The van der Waals surface area contributed by atoms with Gasteiger partial charge in [-0.25, -0.2) is 9.97 Å². The minimum absolute atomic E-state index is 0.468. The molecular weight excluding hydrogens is 266 g/mol. The van der Waals surface area contributed by atoms with Crippen LogP contribution in [0.5, 0.6) is 0 Å². The SMILES string of the molecule is Cc1nc(CNc2nnc(C3CC3)o2)nc2c1CCCC2. The van der Waals surface area contributed by atoms with E-state index in [1.165, 1.54) is 24.1 Å². The number of fused-ring (bicyclic) bond motifs is 1. The molecule has 0 saturated heterocycles. The van der Waals surface area contributed by atoms with Crippen LogP contribution in [-0.2, 0) is 19.4 Å². The van der Waals surface area contributed by atoms with Crippen LogP contribution in [0.15, 0.2) is 4.42 Å². The number of nitrogens with one attached hydrogen (secondary N) is 1. The Morgan fingerprint density at radius 2 is 2.00 bits per heavy atom. The Morgan fingerprint density at radius 3 is 2.86 bits per heavy atom. The summed E-state index contributed by atoms with van der Waals surface area (Å²) < 4.78 is 5.58. The minimum atomic E-state index is 0.468. The number of hydrogen-bond acceptors (Lipinski definition) is 6. The van der Waals surface area contributed by atoms with Crippen molar-refractivity contribution in [3.8, 4) is 0 Å². The largest absolute Gasteiger partial charge is 0.408 e. The highest BCUT2D eigenvalue weighted by molar-refractivity contribution is 5.28. The fraction of sp³-hybridized carbons (Fsp3) is 0.600. The minimum Gasteiger partial charge on any atom is -0.408 e. The summed E-state index contributed by atoms with van der Waals surface area (Å²) in [6.45, 7) is 2.60. The zero-order valence-electron chi connectivity index (χ0n) is 12.2. The standard InChI is InChI=1S/C15H19N5O/c1-9-11-4-2-3-5-12(11)18-13(17-9)8-16-15-20-19-14(21-15)10-6-7-10/h10H,2-8H2,1H3,(H,16,20). The number of rotatable bonds is 4. The van der Waals surface area contributed by atoms with Crippen LogP contribution in [0.2, 0.25) is 0 Å².